The average Bonchev–Trinajstić information content (AvgIpc) is 2.78. The van der Waals surface area contributed by atoms with Crippen LogP contribution in [0.15, 0.2) is 66.9 Å². The highest BCUT2D eigenvalue weighted by molar-refractivity contribution is 6.24. The Morgan fingerprint density at radius 3 is 2.17 bits per heavy atom. The minimum atomic E-state index is -0.204. The van der Waals surface area contributed by atoms with Gasteiger partial charge in [0.05, 0.1) is 14.2 Å². The third-order valence-corrected chi connectivity index (χ3v) is 4.18. The van der Waals surface area contributed by atoms with E-state index in [4.69, 9.17) is 14.2 Å². The van der Waals surface area contributed by atoms with Crippen LogP contribution in [0.1, 0.15) is 11.1 Å². The maximum atomic E-state index is 12.5. The van der Waals surface area contributed by atoms with Crippen molar-refractivity contribution < 1.29 is 19.0 Å². The number of methoxy groups -OCH3 is 2. The number of ether oxygens (including phenoxy) is 3. The second-order valence-corrected chi connectivity index (χ2v) is 6.08. The fourth-order valence-electron chi connectivity index (χ4n) is 2.72. The monoisotopic (exact) mass is 390 g/mol. The van der Waals surface area contributed by atoms with Crippen molar-refractivity contribution in [1.82, 2.24) is 10.3 Å². The number of amides is 1. The molecule has 1 N–H and O–H groups in total. The molecule has 1 aromatic heterocycles. The van der Waals surface area contributed by atoms with Crippen molar-refractivity contribution in [2.45, 2.75) is 0 Å². The van der Waals surface area contributed by atoms with E-state index in [-0.39, 0.29) is 5.91 Å². The number of carbonyl (C=O) groups is 1. The molecule has 0 aliphatic rings. The van der Waals surface area contributed by atoms with Crippen molar-refractivity contribution >= 4 is 17.6 Å². The number of hydrogen-bond acceptors (Lipinski definition) is 5. The quantitative estimate of drug-likeness (QED) is 0.484. The van der Waals surface area contributed by atoms with E-state index in [0.717, 1.165) is 11.1 Å². The highest BCUT2D eigenvalue weighted by atomic mass is 16.5. The Morgan fingerprint density at radius 1 is 0.931 bits per heavy atom. The smallest absolute Gasteiger partial charge is 0.251 e. The van der Waals surface area contributed by atoms with Gasteiger partial charge in [-0.15, -0.1) is 0 Å². The molecule has 3 aromatic rings. The summed E-state index contributed by atoms with van der Waals surface area (Å²) in [6, 6.07) is 18.2. The molecule has 0 bridgehead atoms. The number of benzene rings is 2. The van der Waals surface area contributed by atoms with Gasteiger partial charge in [-0.3, -0.25) is 4.79 Å². The molecule has 2 aromatic carbocycles. The number of hydrogen-bond donors (Lipinski definition) is 1. The summed E-state index contributed by atoms with van der Waals surface area (Å²) in [7, 11) is 4.77. The summed E-state index contributed by atoms with van der Waals surface area (Å²) >= 11 is 0. The first-order valence-electron chi connectivity index (χ1n) is 8.99. The molecule has 3 rings (SSSR count). The number of pyridine rings is 1. The van der Waals surface area contributed by atoms with E-state index >= 15 is 0 Å². The molecule has 148 valence electrons. The summed E-state index contributed by atoms with van der Waals surface area (Å²) < 4.78 is 16.3. The van der Waals surface area contributed by atoms with Gasteiger partial charge >= 0.3 is 0 Å². The van der Waals surface area contributed by atoms with Crippen LogP contribution in [0.3, 0.4) is 0 Å². The van der Waals surface area contributed by atoms with E-state index < -0.39 is 0 Å². The van der Waals surface area contributed by atoms with Gasteiger partial charge < -0.3 is 19.5 Å². The molecule has 0 aliphatic carbocycles. The van der Waals surface area contributed by atoms with Crippen LogP contribution in [-0.4, -0.2) is 32.2 Å². The summed E-state index contributed by atoms with van der Waals surface area (Å²) in [6.07, 6.45) is 3.46. The van der Waals surface area contributed by atoms with Crippen molar-refractivity contribution in [1.29, 1.82) is 0 Å². The summed E-state index contributed by atoms with van der Waals surface area (Å²) in [5, 5.41) is 2.68. The molecule has 6 nitrogen and oxygen atoms in total. The molecule has 0 saturated carbocycles. The van der Waals surface area contributed by atoms with Crippen LogP contribution in [0.2, 0.25) is 0 Å². The number of likely N-dealkylation sites (N-methyl/N-ethyl adjacent to an activating group) is 1. The highest BCUT2D eigenvalue weighted by Crippen LogP contribution is 2.28. The van der Waals surface area contributed by atoms with Crippen molar-refractivity contribution in [3.8, 4) is 23.1 Å². The number of rotatable bonds is 7. The molecule has 6 heteroatoms. The number of nitrogens with one attached hydrogen (secondary N) is 1. The molecule has 1 heterocycles. The van der Waals surface area contributed by atoms with E-state index in [1.54, 1.807) is 57.8 Å². The van der Waals surface area contributed by atoms with Crippen LogP contribution in [0.25, 0.3) is 11.6 Å². The van der Waals surface area contributed by atoms with Gasteiger partial charge in [-0.25, -0.2) is 4.98 Å². The molecule has 0 atom stereocenters. The van der Waals surface area contributed by atoms with Gasteiger partial charge in [0.15, 0.2) is 0 Å². The van der Waals surface area contributed by atoms with E-state index in [1.807, 2.05) is 36.4 Å². The van der Waals surface area contributed by atoms with Crippen LogP contribution in [-0.2, 0) is 4.79 Å². The van der Waals surface area contributed by atoms with Gasteiger partial charge in [0.1, 0.15) is 17.2 Å². The Bertz CT molecular complexity index is 977. The molecule has 0 saturated heterocycles. The second kappa shape index (κ2) is 9.41. The molecule has 0 unspecified atom stereocenters. The van der Waals surface area contributed by atoms with E-state index in [0.29, 0.717) is 28.7 Å². The van der Waals surface area contributed by atoms with Crippen LogP contribution >= 0.6 is 0 Å². The molecule has 0 radical (unpaired) electrons. The first-order valence-corrected chi connectivity index (χ1v) is 8.99. The van der Waals surface area contributed by atoms with Crippen molar-refractivity contribution in [2.24, 2.45) is 0 Å². The molecular formula is C23H22N2O4. The largest absolute Gasteiger partial charge is 0.497 e. The lowest BCUT2D eigenvalue weighted by atomic mass is 10.0. The average molecular weight is 390 g/mol. The molecule has 1 amide bonds. The fraction of sp³-hybridized carbons (Fsp3) is 0.130. The van der Waals surface area contributed by atoms with Crippen LogP contribution in [0, 0.1) is 0 Å². The first kappa shape index (κ1) is 19.9. The Morgan fingerprint density at radius 2 is 1.62 bits per heavy atom. The molecular weight excluding hydrogens is 368 g/mol. The third-order valence-electron chi connectivity index (χ3n) is 4.18. The van der Waals surface area contributed by atoms with Gasteiger partial charge in [0.2, 0.25) is 5.88 Å². The zero-order chi connectivity index (χ0) is 20.6. The first-order chi connectivity index (χ1) is 14.1. The lowest BCUT2D eigenvalue weighted by Crippen LogP contribution is -2.19. The Hall–Kier alpha value is -3.80. The molecule has 0 spiro atoms. The van der Waals surface area contributed by atoms with E-state index in [9.17, 15) is 4.79 Å². The maximum Gasteiger partial charge on any atom is 0.251 e. The molecule has 0 fully saturated rings. The minimum absolute atomic E-state index is 0.204. The zero-order valence-electron chi connectivity index (χ0n) is 16.5. The lowest BCUT2D eigenvalue weighted by molar-refractivity contribution is -0.115. The van der Waals surface area contributed by atoms with Gasteiger partial charge in [0.25, 0.3) is 5.91 Å². The highest BCUT2D eigenvalue weighted by Gasteiger charge is 2.12. The van der Waals surface area contributed by atoms with Gasteiger partial charge in [-0.05, 0) is 47.5 Å². The third kappa shape index (κ3) is 5.13. The predicted molar refractivity (Wildman–Crippen MR) is 112 cm³/mol. The van der Waals surface area contributed by atoms with Crippen LogP contribution in [0.4, 0.5) is 0 Å². The van der Waals surface area contributed by atoms with Crippen LogP contribution in [0.5, 0.6) is 23.1 Å². The van der Waals surface area contributed by atoms with Gasteiger partial charge in [0, 0.05) is 31.0 Å². The lowest BCUT2D eigenvalue weighted by Gasteiger charge is -2.10. The minimum Gasteiger partial charge on any atom is -0.497 e. The summed E-state index contributed by atoms with van der Waals surface area (Å²) in [4.78, 5) is 16.7. The van der Waals surface area contributed by atoms with Crippen molar-refractivity contribution in [3.63, 3.8) is 0 Å². The standard InChI is InChI=1S/C23H22N2O4/c1-24-23(26)21(14-16-12-19(27-2)15-20(13-16)28-3)17-7-9-18(10-8-17)29-22-6-4-5-11-25-22/h4-15H,1-3H3,(H,24,26)/b21-14+. The second-order valence-electron chi connectivity index (χ2n) is 6.08. The maximum absolute atomic E-state index is 12.5. The van der Waals surface area contributed by atoms with Gasteiger partial charge in [-0.1, -0.05) is 18.2 Å². The zero-order valence-corrected chi connectivity index (χ0v) is 16.5. The fourth-order valence-corrected chi connectivity index (χ4v) is 2.72. The van der Waals surface area contributed by atoms with Crippen molar-refractivity contribution in [2.75, 3.05) is 21.3 Å². The summed E-state index contributed by atoms with van der Waals surface area (Å²) in [5.41, 5.74) is 2.04. The van der Waals surface area contributed by atoms with Gasteiger partial charge in [-0.2, -0.15) is 0 Å². The van der Waals surface area contributed by atoms with E-state index in [2.05, 4.69) is 10.3 Å². The number of carbonyl (C=O) groups excluding carboxylic acids is 1. The van der Waals surface area contributed by atoms with Crippen molar-refractivity contribution in [3.05, 3.63) is 78.0 Å². The topological polar surface area (TPSA) is 69.7 Å². The Labute approximate surface area is 169 Å². The Balaban J connectivity index is 1.93. The normalized spacial score (nSPS) is 10.9. The summed E-state index contributed by atoms with van der Waals surface area (Å²) in [5.74, 6) is 2.22. The van der Waals surface area contributed by atoms with E-state index in [1.165, 1.54) is 0 Å². The predicted octanol–water partition coefficient (Wildman–Crippen LogP) is 4.18. The molecule has 29 heavy (non-hydrogen) atoms. The number of aromatic nitrogens is 1. The Kier molecular flexibility index (Phi) is 6.47. The summed E-state index contributed by atoms with van der Waals surface area (Å²) in [6.45, 7) is 0. The SMILES string of the molecule is CNC(=O)/C(=C/c1cc(OC)cc(OC)c1)c1ccc(Oc2ccccn2)cc1. The number of nitrogens with zero attached hydrogens (tertiary/aromatic N) is 1. The van der Waals surface area contributed by atoms with Crippen LogP contribution < -0.4 is 19.5 Å². The molecule has 0 aliphatic heterocycles.